The van der Waals surface area contributed by atoms with Crippen molar-refractivity contribution in [3.05, 3.63) is 36.0 Å². The van der Waals surface area contributed by atoms with Crippen LogP contribution >= 0.6 is 0 Å². The van der Waals surface area contributed by atoms with Gasteiger partial charge in [0.15, 0.2) is 5.78 Å². The lowest BCUT2D eigenvalue weighted by atomic mass is 9.46. The molecule has 1 saturated heterocycles. The number of nitrogens with zero attached hydrogens (tertiary/aromatic N) is 3. The minimum atomic E-state index is -1.37. The Labute approximate surface area is 226 Å². The standard InChI is InChI=1S/C31H43N3O4/c1-21-18-25-23-8-12-30(37)19-22(35)7-10-28(30,2)24(23)9-11-29(25,3)31(21,38)26(36)20-33-14-16-34(17-15-33)27-6-4-5-13-32-27/h4-6,9,13,21,23,25,37-38H,7-8,10-12,14-20H2,1-3H3/t21?,23-,25+,28-,29+,30?,31+/m1/s1. The van der Waals surface area contributed by atoms with Crippen molar-refractivity contribution >= 4 is 17.4 Å². The van der Waals surface area contributed by atoms with E-state index in [0.717, 1.165) is 44.8 Å². The zero-order valence-electron chi connectivity index (χ0n) is 23.2. The Bertz CT molecular complexity index is 1150. The van der Waals surface area contributed by atoms with Gasteiger partial charge in [0.2, 0.25) is 0 Å². The number of hydrogen-bond acceptors (Lipinski definition) is 7. The number of carbonyl (C=O) groups is 2. The van der Waals surface area contributed by atoms with Gasteiger partial charge in [-0.1, -0.05) is 38.5 Å². The van der Waals surface area contributed by atoms with Crippen LogP contribution in [-0.2, 0) is 9.59 Å². The van der Waals surface area contributed by atoms with Crippen molar-refractivity contribution in [3.63, 3.8) is 0 Å². The number of hydrogen-bond donors (Lipinski definition) is 2. The van der Waals surface area contributed by atoms with Gasteiger partial charge in [0.1, 0.15) is 17.2 Å². The molecule has 7 atom stereocenters. The van der Waals surface area contributed by atoms with Crippen LogP contribution in [0, 0.1) is 28.6 Å². The average Bonchev–Trinajstić information content (AvgIpc) is 3.12. The third-order valence-corrected chi connectivity index (χ3v) is 11.7. The zero-order chi connectivity index (χ0) is 26.9. The number of ketones is 2. The van der Waals surface area contributed by atoms with Gasteiger partial charge in [0.05, 0.1) is 12.1 Å². The molecule has 0 bridgehead atoms. The van der Waals surface area contributed by atoms with E-state index in [1.54, 1.807) is 0 Å². The monoisotopic (exact) mass is 521 g/mol. The molecule has 38 heavy (non-hydrogen) atoms. The number of anilines is 1. The molecular formula is C31H43N3O4. The zero-order valence-corrected chi connectivity index (χ0v) is 23.2. The molecular weight excluding hydrogens is 478 g/mol. The fraction of sp³-hybridized carbons (Fsp3) is 0.710. The summed E-state index contributed by atoms with van der Waals surface area (Å²) in [6.45, 7) is 9.80. The molecule has 4 fully saturated rings. The summed E-state index contributed by atoms with van der Waals surface area (Å²) in [6, 6.07) is 5.94. The van der Waals surface area contributed by atoms with E-state index >= 15 is 0 Å². The van der Waals surface area contributed by atoms with Gasteiger partial charge in [-0.25, -0.2) is 4.98 Å². The molecule has 2 unspecified atom stereocenters. The molecule has 1 aliphatic heterocycles. The first-order valence-electron chi connectivity index (χ1n) is 14.6. The number of pyridine rings is 1. The minimum Gasteiger partial charge on any atom is -0.389 e. The van der Waals surface area contributed by atoms with E-state index in [1.807, 2.05) is 24.4 Å². The fourth-order valence-corrected chi connectivity index (χ4v) is 9.25. The van der Waals surface area contributed by atoms with Crippen LogP contribution < -0.4 is 4.90 Å². The molecule has 7 heteroatoms. The molecule has 1 aromatic rings. The van der Waals surface area contributed by atoms with Crippen LogP contribution in [0.3, 0.4) is 0 Å². The van der Waals surface area contributed by atoms with Gasteiger partial charge in [-0.2, -0.15) is 0 Å². The van der Waals surface area contributed by atoms with Crippen LogP contribution in [0.5, 0.6) is 0 Å². The van der Waals surface area contributed by atoms with E-state index in [1.165, 1.54) is 5.57 Å². The van der Waals surface area contributed by atoms with Crippen molar-refractivity contribution in [2.24, 2.45) is 28.6 Å². The first-order valence-corrected chi connectivity index (χ1v) is 14.6. The predicted molar refractivity (Wildman–Crippen MR) is 146 cm³/mol. The minimum absolute atomic E-state index is 0.0417. The highest BCUT2D eigenvalue weighted by atomic mass is 16.3. The molecule has 5 aliphatic rings. The highest BCUT2D eigenvalue weighted by Crippen LogP contribution is 2.68. The smallest absolute Gasteiger partial charge is 0.179 e. The maximum absolute atomic E-state index is 14.0. The van der Waals surface area contributed by atoms with Crippen molar-refractivity contribution < 1.29 is 19.8 Å². The Hall–Kier alpha value is -2.09. The van der Waals surface area contributed by atoms with Gasteiger partial charge in [0.25, 0.3) is 0 Å². The van der Waals surface area contributed by atoms with Crippen LogP contribution in [0.15, 0.2) is 36.0 Å². The first-order chi connectivity index (χ1) is 18.0. The second-order valence-corrected chi connectivity index (χ2v) is 13.4. The number of carbonyl (C=O) groups excluding carboxylic acids is 2. The van der Waals surface area contributed by atoms with Crippen LogP contribution in [0.1, 0.15) is 65.7 Å². The van der Waals surface area contributed by atoms with Gasteiger partial charge >= 0.3 is 0 Å². The fourth-order valence-electron chi connectivity index (χ4n) is 9.25. The number of aliphatic hydroxyl groups is 2. The molecule has 0 amide bonds. The van der Waals surface area contributed by atoms with Gasteiger partial charge in [-0.05, 0) is 62.0 Å². The van der Waals surface area contributed by atoms with Gasteiger partial charge in [-0.3, -0.25) is 14.5 Å². The summed E-state index contributed by atoms with van der Waals surface area (Å²) in [5.41, 5.74) is -1.96. The van der Waals surface area contributed by atoms with E-state index < -0.39 is 22.0 Å². The summed E-state index contributed by atoms with van der Waals surface area (Å²) in [4.78, 5) is 35.1. The van der Waals surface area contributed by atoms with Crippen molar-refractivity contribution in [1.82, 2.24) is 9.88 Å². The number of piperazine rings is 1. The summed E-state index contributed by atoms with van der Waals surface area (Å²) in [5, 5.41) is 23.9. The van der Waals surface area contributed by atoms with Crippen molar-refractivity contribution in [2.75, 3.05) is 37.6 Å². The highest BCUT2D eigenvalue weighted by molar-refractivity contribution is 5.91. The quantitative estimate of drug-likeness (QED) is 0.587. The topological polar surface area (TPSA) is 94.0 Å². The van der Waals surface area contributed by atoms with E-state index in [2.05, 4.69) is 41.6 Å². The van der Waals surface area contributed by atoms with Crippen molar-refractivity contribution in [1.29, 1.82) is 0 Å². The maximum Gasteiger partial charge on any atom is 0.179 e. The Kier molecular flexibility index (Phi) is 6.17. The van der Waals surface area contributed by atoms with Crippen LogP contribution in [-0.4, -0.2) is 75.6 Å². The lowest BCUT2D eigenvalue weighted by molar-refractivity contribution is -0.165. The molecule has 206 valence electrons. The lowest BCUT2D eigenvalue weighted by Crippen LogP contribution is -2.62. The van der Waals surface area contributed by atoms with Gasteiger partial charge in [-0.15, -0.1) is 0 Å². The normalized spacial score (nSPS) is 43.2. The van der Waals surface area contributed by atoms with Crippen molar-refractivity contribution in [3.8, 4) is 0 Å². The molecule has 0 aromatic carbocycles. The summed E-state index contributed by atoms with van der Waals surface area (Å²) >= 11 is 0. The van der Waals surface area contributed by atoms with E-state index in [-0.39, 0.29) is 42.3 Å². The number of fused-ring (bicyclic) bond motifs is 5. The highest BCUT2D eigenvalue weighted by Gasteiger charge is 2.69. The van der Waals surface area contributed by atoms with Crippen LogP contribution in [0.4, 0.5) is 5.82 Å². The summed E-state index contributed by atoms with van der Waals surface area (Å²) < 4.78 is 0. The predicted octanol–water partition coefficient (Wildman–Crippen LogP) is 3.40. The largest absolute Gasteiger partial charge is 0.389 e. The lowest BCUT2D eigenvalue weighted by Gasteiger charge is -2.59. The van der Waals surface area contributed by atoms with Crippen molar-refractivity contribution in [2.45, 2.75) is 76.9 Å². The van der Waals surface area contributed by atoms with Gasteiger partial charge in [0, 0.05) is 56.0 Å². The summed E-state index contributed by atoms with van der Waals surface area (Å²) in [5.74, 6) is 1.43. The van der Waals surface area contributed by atoms with Gasteiger partial charge < -0.3 is 15.1 Å². The molecule has 1 aromatic heterocycles. The second-order valence-electron chi connectivity index (χ2n) is 13.4. The Morgan fingerprint density at radius 1 is 1.13 bits per heavy atom. The summed E-state index contributed by atoms with van der Waals surface area (Å²) in [6.07, 6.45) is 8.43. The SMILES string of the molecule is CC1C[C@H]2[C@@H]3CCC4(O)CC(=O)CC[C@]4(C)C3=CC[C@]2(C)[C@@]1(O)C(=O)CN1CCN(c2ccccn2)CC1. The molecule has 6 rings (SSSR count). The first kappa shape index (κ1) is 26.1. The third-order valence-electron chi connectivity index (χ3n) is 11.7. The van der Waals surface area contributed by atoms with E-state index in [9.17, 15) is 19.8 Å². The summed E-state index contributed by atoms with van der Waals surface area (Å²) in [7, 11) is 0. The van der Waals surface area contributed by atoms with E-state index in [4.69, 9.17) is 0 Å². The Balaban J connectivity index is 1.20. The molecule has 2 N–H and O–H groups in total. The molecule has 0 spiro atoms. The molecule has 2 heterocycles. The Morgan fingerprint density at radius 3 is 2.61 bits per heavy atom. The number of allylic oxidation sites excluding steroid dienone is 1. The van der Waals surface area contributed by atoms with Crippen LogP contribution in [0.25, 0.3) is 0 Å². The van der Waals surface area contributed by atoms with Crippen LogP contribution in [0.2, 0.25) is 0 Å². The maximum atomic E-state index is 14.0. The molecule has 4 aliphatic carbocycles. The molecule has 0 radical (unpaired) electrons. The second kappa shape index (κ2) is 8.97. The molecule has 7 nitrogen and oxygen atoms in total. The molecule has 3 saturated carbocycles. The third kappa shape index (κ3) is 3.61. The Morgan fingerprint density at radius 2 is 1.89 bits per heavy atom. The number of aromatic nitrogens is 1. The number of rotatable bonds is 4. The number of Topliss-reactive ketones (excluding diaryl/α,β-unsaturated/α-hetero) is 2. The van der Waals surface area contributed by atoms with E-state index in [0.29, 0.717) is 25.7 Å². The average molecular weight is 522 g/mol.